The van der Waals surface area contributed by atoms with E-state index in [0.29, 0.717) is 26.8 Å². The topological polar surface area (TPSA) is 66.0 Å². The van der Waals surface area contributed by atoms with Gasteiger partial charge in [-0.25, -0.2) is 4.98 Å². The standard InChI is InChI=1S/C14H8Br2N2O2/c15-7-5-9(12(19)10(16)6-7)13-17-11-4-2-1-3-8(11)14(20)18-13/h1-6,19H,(H,17,18,20). The number of nitrogens with zero attached hydrogens (tertiary/aromatic N) is 1. The maximum Gasteiger partial charge on any atom is 0.259 e. The lowest BCUT2D eigenvalue weighted by Crippen LogP contribution is -2.09. The van der Waals surface area contributed by atoms with E-state index in [4.69, 9.17) is 0 Å². The number of hydrogen-bond acceptors (Lipinski definition) is 3. The number of halogens is 2. The van der Waals surface area contributed by atoms with Crippen LogP contribution in [0.2, 0.25) is 0 Å². The molecule has 0 aliphatic carbocycles. The molecular formula is C14H8Br2N2O2. The second-order valence-electron chi connectivity index (χ2n) is 4.22. The molecule has 0 amide bonds. The van der Waals surface area contributed by atoms with Gasteiger partial charge in [0.25, 0.3) is 5.56 Å². The van der Waals surface area contributed by atoms with Crippen molar-refractivity contribution < 1.29 is 5.11 Å². The molecule has 3 aromatic rings. The van der Waals surface area contributed by atoms with Crippen LogP contribution in [0.25, 0.3) is 22.3 Å². The predicted molar refractivity (Wildman–Crippen MR) is 84.9 cm³/mol. The minimum Gasteiger partial charge on any atom is -0.506 e. The molecule has 0 aliphatic rings. The van der Waals surface area contributed by atoms with Crippen molar-refractivity contribution in [3.05, 3.63) is 55.7 Å². The highest BCUT2D eigenvalue weighted by atomic mass is 79.9. The molecule has 1 aromatic heterocycles. The van der Waals surface area contributed by atoms with Crippen molar-refractivity contribution in [2.45, 2.75) is 0 Å². The monoisotopic (exact) mass is 394 g/mol. The van der Waals surface area contributed by atoms with Crippen LogP contribution in [0.4, 0.5) is 0 Å². The van der Waals surface area contributed by atoms with E-state index < -0.39 is 0 Å². The quantitative estimate of drug-likeness (QED) is 0.658. The van der Waals surface area contributed by atoms with Crippen LogP contribution in [0.5, 0.6) is 5.75 Å². The molecule has 0 fully saturated rings. The third-order valence-electron chi connectivity index (χ3n) is 2.90. The molecular weight excluding hydrogens is 388 g/mol. The van der Waals surface area contributed by atoms with E-state index in [9.17, 15) is 9.90 Å². The zero-order chi connectivity index (χ0) is 14.3. The number of hydrogen-bond donors (Lipinski definition) is 2. The molecule has 0 bridgehead atoms. The van der Waals surface area contributed by atoms with E-state index in [2.05, 4.69) is 41.8 Å². The Kier molecular flexibility index (Phi) is 3.35. The lowest BCUT2D eigenvalue weighted by atomic mass is 10.1. The van der Waals surface area contributed by atoms with Crippen molar-refractivity contribution in [3.8, 4) is 17.1 Å². The fourth-order valence-corrected chi connectivity index (χ4v) is 3.19. The number of fused-ring (bicyclic) bond motifs is 1. The summed E-state index contributed by atoms with van der Waals surface area (Å²) in [5.41, 5.74) is 0.803. The van der Waals surface area contributed by atoms with Crippen LogP contribution in [-0.4, -0.2) is 15.1 Å². The van der Waals surface area contributed by atoms with Gasteiger partial charge < -0.3 is 10.1 Å². The van der Waals surface area contributed by atoms with Crippen LogP contribution in [0.1, 0.15) is 0 Å². The Labute approximate surface area is 130 Å². The number of benzene rings is 2. The van der Waals surface area contributed by atoms with Gasteiger partial charge in [-0.3, -0.25) is 4.79 Å². The fourth-order valence-electron chi connectivity index (χ4n) is 1.96. The van der Waals surface area contributed by atoms with Gasteiger partial charge in [0.15, 0.2) is 0 Å². The summed E-state index contributed by atoms with van der Waals surface area (Å²) in [7, 11) is 0. The van der Waals surface area contributed by atoms with Gasteiger partial charge in [-0.05, 0) is 40.2 Å². The molecule has 0 unspecified atom stereocenters. The Balaban J connectivity index is 2.33. The van der Waals surface area contributed by atoms with Gasteiger partial charge in [0.2, 0.25) is 0 Å². The summed E-state index contributed by atoms with van der Waals surface area (Å²) in [5, 5.41) is 10.6. The second kappa shape index (κ2) is 5.03. The normalized spacial score (nSPS) is 10.9. The lowest BCUT2D eigenvalue weighted by Gasteiger charge is -2.07. The molecule has 0 radical (unpaired) electrons. The highest BCUT2D eigenvalue weighted by Crippen LogP contribution is 2.36. The zero-order valence-electron chi connectivity index (χ0n) is 10.0. The number of nitrogens with one attached hydrogen (secondary N) is 1. The first-order chi connectivity index (χ1) is 9.56. The van der Waals surface area contributed by atoms with Crippen molar-refractivity contribution in [2.24, 2.45) is 0 Å². The number of rotatable bonds is 1. The van der Waals surface area contributed by atoms with Crippen LogP contribution in [0, 0.1) is 0 Å². The molecule has 6 heteroatoms. The Bertz CT molecular complexity index is 875. The Morgan fingerprint density at radius 3 is 2.70 bits per heavy atom. The van der Waals surface area contributed by atoms with Crippen LogP contribution >= 0.6 is 31.9 Å². The van der Waals surface area contributed by atoms with Crippen molar-refractivity contribution >= 4 is 42.8 Å². The smallest absolute Gasteiger partial charge is 0.259 e. The molecule has 0 atom stereocenters. The first kappa shape index (κ1) is 13.3. The molecule has 0 saturated carbocycles. The summed E-state index contributed by atoms with van der Waals surface area (Å²) in [5.74, 6) is 0.361. The number of phenols is 1. The Hall–Kier alpha value is -1.66. The third-order valence-corrected chi connectivity index (χ3v) is 3.96. The van der Waals surface area contributed by atoms with Gasteiger partial charge in [-0.15, -0.1) is 0 Å². The second-order valence-corrected chi connectivity index (χ2v) is 5.99. The number of aromatic hydroxyl groups is 1. The molecule has 100 valence electrons. The van der Waals surface area contributed by atoms with Gasteiger partial charge in [-0.2, -0.15) is 0 Å². The van der Waals surface area contributed by atoms with Crippen LogP contribution in [0.15, 0.2) is 50.1 Å². The van der Waals surface area contributed by atoms with Gasteiger partial charge in [0.1, 0.15) is 11.6 Å². The van der Waals surface area contributed by atoms with E-state index in [1.807, 2.05) is 6.07 Å². The van der Waals surface area contributed by atoms with Gasteiger partial charge in [0.05, 0.1) is 20.9 Å². The van der Waals surface area contributed by atoms with Crippen LogP contribution < -0.4 is 5.56 Å². The average molecular weight is 396 g/mol. The lowest BCUT2D eigenvalue weighted by molar-refractivity contribution is 0.473. The minimum absolute atomic E-state index is 0.0339. The first-order valence-corrected chi connectivity index (χ1v) is 7.32. The van der Waals surface area contributed by atoms with E-state index in [-0.39, 0.29) is 11.3 Å². The van der Waals surface area contributed by atoms with Crippen LogP contribution in [-0.2, 0) is 0 Å². The molecule has 3 rings (SSSR count). The summed E-state index contributed by atoms with van der Waals surface area (Å²) in [4.78, 5) is 19.1. The summed E-state index contributed by atoms with van der Waals surface area (Å²) < 4.78 is 1.30. The largest absolute Gasteiger partial charge is 0.506 e. The number of para-hydroxylation sites is 1. The number of H-pyrrole nitrogens is 1. The highest BCUT2D eigenvalue weighted by Gasteiger charge is 2.13. The van der Waals surface area contributed by atoms with E-state index in [1.165, 1.54) is 0 Å². The van der Waals surface area contributed by atoms with Gasteiger partial charge in [-0.1, -0.05) is 28.1 Å². The van der Waals surface area contributed by atoms with Gasteiger partial charge in [0, 0.05) is 4.47 Å². The summed E-state index contributed by atoms with van der Waals surface area (Å²) in [6.07, 6.45) is 0. The SMILES string of the molecule is O=c1[nH]c(-c2cc(Br)cc(Br)c2O)nc2ccccc12. The third kappa shape index (κ3) is 2.25. The zero-order valence-corrected chi connectivity index (χ0v) is 13.2. The molecule has 0 spiro atoms. The van der Waals surface area contributed by atoms with Crippen LogP contribution in [0.3, 0.4) is 0 Å². The maximum absolute atomic E-state index is 12.1. The van der Waals surface area contributed by atoms with Crippen molar-refractivity contribution in [3.63, 3.8) is 0 Å². The number of phenolic OH excluding ortho intramolecular Hbond substituents is 1. The highest BCUT2D eigenvalue weighted by molar-refractivity contribution is 9.11. The Morgan fingerprint density at radius 2 is 1.90 bits per heavy atom. The van der Waals surface area contributed by atoms with E-state index >= 15 is 0 Å². The summed E-state index contributed by atoms with van der Waals surface area (Å²) in [6, 6.07) is 10.5. The first-order valence-electron chi connectivity index (χ1n) is 5.73. The van der Waals surface area contributed by atoms with Crippen molar-refractivity contribution in [2.75, 3.05) is 0 Å². The summed E-state index contributed by atoms with van der Waals surface area (Å²) >= 11 is 6.61. The van der Waals surface area contributed by atoms with Gasteiger partial charge >= 0.3 is 0 Å². The molecule has 0 aliphatic heterocycles. The molecule has 20 heavy (non-hydrogen) atoms. The molecule has 2 aromatic carbocycles. The van der Waals surface area contributed by atoms with Crippen molar-refractivity contribution in [1.82, 2.24) is 9.97 Å². The molecule has 1 heterocycles. The average Bonchev–Trinajstić information content (AvgIpc) is 2.43. The van der Waals surface area contributed by atoms with E-state index in [0.717, 1.165) is 4.47 Å². The van der Waals surface area contributed by atoms with Crippen molar-refractivity contribution in [1.29, 1.82) is 0 Å². The molecule has 2 N–H and O–H groups in total. The predicted octanol–water partition coefficient (Wildman–Crippen LogP) is 3.82. The summed E-state index contributed by atoms with van der Waals surface area (Å²) in [6.45, 7) is 0. The molecule has 4 nitrogen and oxygen atoms in total. The number of aromatic nitrogens is 2. The Morgan fingerprint density at radius 1 is 1.15 bits per heavy atom. The fraction of sp³-hybridized carbons (Fsp3) is 0. The molecule has 0 saturated heterocycles. The maximum atomic E-state index is 12.1. The minimum atomic E-state index is -0.235. The number of aromatic amines is 1. The van der Waals surface area contributed by atoms with E-state index in [1.54, 1.807) is 30.3 Å².